The van der Waals surface area contributed by atoms with Crippen LogP contribution in [0.1, 0.15) is 26.2 Å². The lowest BCUT2D eigenvalue weighted by Gasteiger charge is -2.36. The summed E-state index contributed by atoms with van der Waals surface area (Å²) in [6.45, 7) is 7.20. The summed E-state index contributed by atoms with van der Waals surface area (Å²) in [5.74, 6) is 0.0683. The van der Waals surface area contributed by atoms with Crippen LogP contribution in [-0.4, -0.2) is 73.2 Å². The standard InChI is InChI=1S/C14H25N3O2/c1-12(16-7-3-2-4-8-16)14(19)13(11-18)17-9-5-15-6-10-17/h11-13,15H,2-10H2,1H3. The first kappa shape index (κ1) is 14.6. The average Bonchev–Trinajstić information content (AvgIpc) is 2.49. The van der Waals surface area contributed by atoms with Crippen molar-refractivity contribution in [3.63, 3.8) is 0 Å². The second kappa shape index (κ2) is 7.12. The van der Waals surface area contributed by atoms with Crippen LogP contribution in [0.15, 0.2) is 0 Å². The summed E-state index contributed by atoms with van der Waals surface area (Å²) in [5, 5.41) is 3.25. The molecule has 0 aromatic carbocycles. The average molecular weight is 267 g/mol. The molecule has 0 radical (unpaired) electrons. The maximum Gasteiger partial charge on any atom is 0.173 e. The number of carbonyl (C=O) groups excluding carboxylic acids is 2. The molecular formula is C14H25N3O2. The number of piperazine rings is 1. The minimum Gasteiger partial charge on any atom is -0.314 e. The van der Waals surface area contributed by atoms with Crippen LogP contribution in [0.3, 0.4) is 0 Å². The fourth-order valence-corrected chi connectivity index (χ4v) is 3.03. The lowest BCUT2D eigenvalue weighted by Crippen LogP contribution is -2.56. The first-order valence-corrected chi connectivity index (χ1v) is 7.42. The zero-order valence-electron chi connectivity index (χ0n) is 11.8. The van der Waals surface area contributed by atoms with Crippen molar-refractivity contribution >= 4 is 12.1 Å². The molecule has 5 heteroatoms. The van der Waals surface area contributed by atoms with Gasteiger partial charge in [0, 0.05) is 26.2 Å². The van der Waals surface area contributed by atoms with Gasteiger partial charge in [-0.25, -0.2) is 0 Å². The first-order chi connectivity index (χ1) is 9.24. The number of hydrogen-bond acceptors (Lipinski definition) is 5. The second-order valence-electron chi connectivity index (χ2n) is 5.54. The van der Waals surface area contributed by atoms with E-state index in [1.165, 1.54) is 6.42 Å². The van der Waals surface area contributed by atoms with Crippen LogP contribution < -0.4 is 5.32 Å². The van der Waals surface area contributed by atoms with Crippen LogP contribution in [0.25, 0.3) is 0 Å². The van der Waals surface area contributed by atoms with E-state index in [-0.39, 0.29) is 11.8 Å². The highest BCUT2D eigenvalue weighted by Gasteiger charge is 2.32. The topological polar surface area (TPSA) is 52.7 Å². The first-order valence-electron chi connectivity index (χ1n) is 7.42. The van der Waals surface area contributed by atoms with Crippen molar-refractivity contribution in [3.8, 4) is 0 Å². The SMILES string of the molecule is CC(C(=O)C(C=O)N1CCNCC1)N1CCCCC1. The smallest absolute Gasteiger partial charge is 0.173 e. The molecule has 0 spiro atoms. The van der Waals surface area contributed by atoms with Crippen molar-refractivity contribution in [2.45, 2.75) is 38.3 Å². The van der Waals surface area contributed by atoms with Gasteiger partial charge in [-0.05, 0) is 32.9 Å². The van der Waals surface area contributed by atoms with Crippen LogP contribution in [-0.2, 0) is 9.59 Å². The summed E-state index contributed by atoms with van der Waals surface area (Å²) in [5.41, 5.74) is 0. The number of Topliss-reactive ketones (excluding diaryl/α,β-unsaturated/α-hetero) is 1. The van der Waals surface area contributed by atoms with E-state index in [2.05, 4.69) is 10.2 Å². The maximum absolute atomic E-state index is 12.5. The van der Waals surface area contributed by atoms with E-state index in [1.54, 1.807) is 0 Å². The van der Waals surface area contributed by atoms with Gasteiger partial charge in [0.2, 0.25) is 0 Å². The zero-order chi connectivity index (χ0) is 13.7. The van der Waals surface area contributed by atoms with Gasteiger partial charge < -0.3 is 10.1 Å². The van der Waals surface area contributed by atoms with Crippen LogP contribution in [0.4, 0.5) is 0 Å². The maximum atomic E-state index is 12.5. The molecule has 0 aromatic heterocycles. The lowest BCUT2D eigenvalue weighted by atomic mass is 10.0. The summed E-state index contributed by atoms with van der Waals surface area (Å²) in [6.07, 6.45) is 4.41. The van der Waals surface area contributed by atoms with E-state index >= 15 is 0 Å². The second-order valence-corrected chi connectivity index (χ2v) is 5.54. The molecular weight excluding hydrogens is 242 g/mol. The Kier molecular flexibility index (Phi) is 5.48. The van der Waals surface area contributed by atoms with Crippen LogP contribution in [0.2, 0.25) is 0 Å². The summed E-state index contributed by atoms with van der Waals surface area (Å²) < 4.78 is 0. The van der Waals surface area contributed by atoms with Crippen molar-refractivity contribution in [2.75, 3.05) is 39.3 Å². The molecule has 5 nitrogen and oxygen atoms in total. The Balaban J connectivity index is 1.96. The molecule has 2 rings (SSSR count). The van der Waals surface area contributed by atoms with Crippen molar-refractivity contribution in [2.24, 2.45) is 0 Å². The van der Waals surface area contributed by atoms with Gasteiger partial charge in [-0.3, -0.25) is 14.6 Å². The highest BCUT2D eigenvalue weighted by atomic mass is 16.1. The van der Waals surface area contributed by atoms with Crippen molar-refractivity contribution in [1.82, 2.24) is 15.1 Å². The van der Waals surface area contributed by atoms with Gasteiger partial charge >= 0.3 is 0 Å². The Labute approximate surface area is 115 Å². The third kappa shape index (κ3) is 3.61. The number of carbonyl (C=O) groups is 2. The third-order valence-corrected chi connectivity index (χ3v) is 4.32. The summed E-state index contributed by atoms with van der Waals surface area (Å²) >= 11 is 0. The Morgan fingerprint density at radius 2 is 1.68 bits per heavy atom. The van der Waals surface area contributed by atoms with Crippen LogP contribution in [0.5, 0.6) is 0 Å². The minimum atomic E-state index is -0.556. The molecule has 2 atom stereocenters. The molecule has 2 aliphatic rings. The molecule has 2 heterocycles. The van der Waals surface area contributed by atoms with E-state index in [0.717, 1.165) is 58.4 Å². The van der Waals surface area contributed by atoms with E-state index < -0.39 is 6.04 Å². The van der Waals surface area contributed by atoms with Crippen LogP contribution >= 0.6 is 0 Å². The van der Waals surface area contributed by atoms with Gasteiger partial charge in [0.1, 0.15) is 12.3 Å². The monoisotopic (exact) mass is 267 g/mol. The molecule has 2 unspecified atom stereocenters. The summed E-state index contributed by atoms with van der Waals surface area (Å²) in [6, 6.07) is -0.690. The van der Waals surface area contributed by atoms with Gasteiger partial charge in [0.25, 0.3) is 0 Å². The fraction of sp³-hybridized carbons (Fsp3) is 0.857. The molecule has 0 aromatic rings. The van der Waals surface area contributed by atoms with E-state index in [0.29, 0.717) is 0 Å². The Morgan fingerprint density at radius 3 is 2.26 bits per heavy atom. The van der Waals surface area contributed by atoms with E-state index in [4.69, 9.17) is 0 Å². The molecule has 1 N–H and O–H groups in total. The number of ketones is 1. The van der Waals surface area contributed by atoms with E-state index in [1.807, 2.05) is 11.8 Å². The number of rotatable bonds is 5. The molecule has 0 aliphatic carbocycles. The van der Waals surface area contributed by atoms with Crippen molar-refractivity contribution < 1.29 is 9.59 Å². The minimum absolute atomic E-state index is 0.0683. The number of likely N-dealkylation sites (tertiary alicyclic amines) is 1. The largest absolute Gasteiger partial charge is 0.314 e. The van der Waals surface area contributed by atoms with Crippen LogP contribution in [0, 0.1) is 0 Å². The Morgan fingerprint density at radius 1 is 1.05 bits per heavy atom. The van der Waals surface area contributed by atoms with Crippen molar-refractivity contribution in [1.29, 1.82) is 0 Å². The molecule has 2 fully saturated rings. The normalized spacial score (nSPS) is 25.7. The number of nitrogens with one attached hydrogen (secondary N) is 1. The van der Waals surface area contributed by atoms with Gasteiger partial charge in [0.15, 0.2) is 5.78 Å². The van der Waals surface area contributed by atoms with Gasteiger partial charge in [0.05, 0.1) is 6.04 Å². The van der Waals surface area contributed by atoms with Gasteiger partial charge in [-0.15, -0.1) is 0 Å². The predicted molar refractivity (Wildman–Crippen MR) is 74.2 cm³/mol. The highest BCUT2D eigenvalue weighted by Crippen LogP contribution is 2.15. The molecule has 2 aliphatic heterocycles. The fourth-order valence-electron chi connectivity index (χ4n) is 3.03. The van der Waals surface area contributed by atoms with Crippen molar-refractivity contribution in [3.05, 3.63) is 0 Å². The summed E-state index contributed by atoms with van der Waals surface area (Å²) in [4.78, 5) is 28.1. The summed E-state index contributed by atoms with van der Waals surface area (Å²) in [7, 11) is 0. The zero-order valence-corrected chi connectivity index (χ0v) is 11.8. The Bertz CT molecular complexity index is 310. The number of hydrogen-bond donors (Lipinski definition) is 1. The quantitative estimate of drug-likeness (QED) is 0.557. The molecule has 108 valence electrons. The predicted octanol–water partition coefficient (Wildman–Crippen LogP) is -0.0974. The molecule has 2 saturated heterocycles. The van der Waals surface area contributed by atoms with E-state index in [9.17, 15) is 9.59 Å². The van der Waals surface area contributed by atoms with Gasteiger partial charge in [-0.1, -0.05) is 6.42 Å². The molecule has 0 saturated carbocycles. The number of aldehydes is 1. The molecule has 19 heavy (non-hydrogen) atoms. The molecule has 0 bridgehead atoms. The highest BCUT2D eigenvalue weighted by molar-refractivity contribution is 6.00. The Hall–Kier alpha value is -0.780. The number of nitrogens with zero attached hydrogens (tertiary/aromatic N) is 2. The molecule has 0 amide bonds. The van der Waals surface area contributed by atoms with Gasteiger partial charge in [-0.2, -0.15) is 0 Å². The number of piperidine rings is 1. The third-order valence-electron chi connectivity index (χ3n) is 4.32. The lowest BCUT2D eigenvalue weighted by molar-refractivity contribution is -0.133.